The minimum atomic E-state index is -0.578. The highest BCUT2D eigenvalue weighted by Gasteiger charge is 2.14. The van der Waals surface area contributed by atoms with Gasteiger partial charge in [-0.05, 0) is 54.2 Å². The van der Waals surface area contributed by atoms with Gasteiger partial charge in [0.1, 0.15) is 6.10 Å². The number of aliphatic hydroxyl groups is 1. The lowest BCUT2D eigenvalue weighted by atomic mass is 9.92. The first-order chi connectivity index (χ1) is 9.04. The van der Waals surface area contributed by atoms with Crippen LogP contribution in [0.15, 0.2) is 36.4 Å². The Morgan fingerprint density at radius 2 is 1.58 bits per heavy atom. The standard InChI is InChI=1S/C17H21NO/c1-11-4-9-16(13(3)12(11)2)17(19)15-7-5-14(10-18)6-8-15/h4-9,17,19H,10,18H2,1-3H3. The van der Waals surface area contributed by atoms with Crippen LogP contribution in [0.1, 0.15) is 39.5 Å². The Bertz CT molecular complexity index is 573. The summed E-state index contributed by atoms with van der Waals surface area (Å²) in [5.74, 6) is 0. The fraction of sp³-hybridized carbons (Fsp3) is 0.294. The molecule has 1 atom stereocenters. The largest absolute Gasteiger partial charge is 0.384 e. The van der Waals surface area contributed by atoms with Crippen LogP contribution in [0, 0.1) is 20.8 Å². The quantitative estimate of drug-likeness (QED) is 0.885. The van der Waals surface area contributed by atoms with Crippen molar-refractivity contribution in [3.63, 3.8) is 0 Å². The average Bonchev–Trinajstić information content (AvgIpc) is 2.44. The van der Waals surface area contributed by atoms with E-state index in [2.05, 4.69) is 26.8 Å². The van der Waals surface area contributed by atoms with Gasteiger partial charge in [-0.2, -0.15) is 0 Å². The summed E-state index contributed by atoms with van der Waals surface area (Å²) in [5, 5.41) is 10.5. The molecule has 19 heavy (non-hydrogen) atoms. The molecular weight excluding hydrogens is 234 g/mol. The molecule has 2 rings (SSSR count). The highest BCUT2D eigenvalue weighted by molar-refractivity contribution is 5.43. The molecule has 2 aromatic carbocycles. The van der Waals surface area contributed by atoms with Gasteiger partial charge in [-0.1, -0.05) is 36.4 Å². The van der Waals surface area contributed by atoms with Gasteiger partial charge in [-0.15, -0.1) is 0 Å². The molecule has 0 heterocycles. The van der Waals surface area contributed by atoms with Crippen LogP contribution in [0.3, 0.4) is 0 Å². The number of rotatable bonds is 3. The molecule has 0 saturated heterocycles. The van der Waals surface area contributed by atoms with Crippen LogP contribution in [-0.4, -0.2) is 5.11 Å². The molecule has 2 nitrogen and oxygen atoms in total. The van der Waals surface area contributed by atoms with Gasteiger partial charge in [0.25, 0.3) is 0 Å². The van der Waals surface area contributed by atoms with Crippen LogP contribution in [0.5, 0.6) is 0 Å². The number of nitrogens with two attached hydrogens (primary N) is 1. The monoisotopic (exact) mass is 255 g/mol. The van der Waals surface area contributed by atoms with E-state index in [1.54, 1.807) is 0 Å². The van der Waals surface area contributed by atoms with E-state index >= 15 is 0 Å². The Kier molecular flexibility index (Phi) is 4.03. The number of hydrogen-bond donors (Lipinski definition) is 2. The molecule has 0 fully saturated rings. The Labute approximate surface area is 114 Å². The predicted molar refractivity (Wildman–Crippen MR) is 79.0 cm³/mol. The van der Waals surface area contributed by atoms with Crippen LogP contribution < -0.4 is 5.73 Å². The Morgan fingerprint density at radius 3 is 2.16 bits per heavy atom. The van der Waals surface area contributed by atoms with Crippen LogP contribution in [0.4, 0.5) is 0 Å². The first-order valence-electron chi connectivity index (χ1n) is 6.58. The zero-order valence-corrected chi connectivity index (χ0v) is 11.8. The first-order valence-corrected chi connectivity index (χ1v) is 6.58. The summed E-state index contributed by atoms with van der Waals surface area (Å²) in [6, 6.07) is 11.9. The fourth-order valence-corrected chi connectivity index (χ4v) is 2.29. The van der Waals surface area contributed by atoms with Gasteiger partial charge < -0.3 is 10.8 Å². The van der Waals surface area contributed by atoms with E-state index in [0.29, 0.717) is 6.54 Å². The summed E-state index contributed by atoms with van der Waals surface area (Å²) < 4.78 is 0. The highest BCUT2D eigenvalue weighted by atomic mass is 16.3. The van der Waals surface area contributed by atoms with Crippen LogP contribution in [0.25, 0.3) is 0 Å². The minimum absolute atomic E-state index is 0.527. The number of benzene rings is 2. The second kappa shape index (κ2) is 5.55. The van der Waals surface area contributed by atoms with E-state index < -0.39 is 6.10 Å². The molecule has 0 amide bonds. The van der Waals surface area contributed by atoms with Gasteiger partial charge in [0.05, 0.1) is 0 Å². The second-order valence-corrected chi connectivity index (χ2v) is 5.07. The summed E-state index contributed by atoms with van der Waals surface area (Å²) >= 11 is 0. The van der Waals surface area contributed by atoms with Gasteiger partial charge in [0, 0.05) is 6.54 Å². The zero-order chi connectivity index (χ0) is 14.0. The minimum Gasteiger partial charge on any atom is -0.384 e. The third-order valence-corrected chi connectivity index (χ3v) is 3.93. The smallest absolute Gasteiger partial charge is 0.104 e. The lowest BCUT2D eigenvalue weighted by Gasteiger charge is -2.17. The van der Waals surface area contributed by atoms with E-state index in [0.717, 1.165) is 22.3 Å². The van der Waals surface area contributed by atoms with E-state index in [9.17, 15) is 5.11 Å². The number of aliphatic hydroxyl groups excluding tert-OH is 1. The maximum Gasteiger partial charge on any atom is 0.104 e. The second-order valence-electron chi connectivity index (χ2n) is 5.07. The molecule has 0 aromatic heterocycles. The number of hydrogen-bond acceptors (Lipinski definition) is 2. The molecule has 1 unspecified atom stereocenters. The average molecular weight is 255 g/mol. The fourth-order valence-electron chi connectivity index (χ4n) is 2.29. The molecule has 100 valence electrons. The van der Waals surface area contributed by atoms with Crippen LogP contribution in [0.2, 0.25) is 0 Å². The maximum atomic E-state index is 10.5. The maximum absolute atomic E-state index is 10.5. The van der Waals surface area contributed by atoms with Crippen molar-refractivity contribution in [1.29, 1.82) is 0 Å². The van der Waals surface area contributed by atoms with Gasteiger partial charge in [0.15, 0.2) is 0 Å². The Hall–Kier alpha value is -1.64. The zero-order valence-electron chi connectivity index (χ0n) is 11.8. The van der Waals surface area contributed by atoms with Crippen molar-refractivity contribution < 1.29 is 5.11 Å². The molecule has 0 aliphatic rings. The third kappa shape index (κ3) is 2.70. The molecule has 0 bridgehead atoms. The summed E-state index contributed by atoms with van der Waals surface area (Å²) in [7, 11) is 0. The van der Waals surface area contributed by atoms with Crippen molar-refractivity contribution in [2.45, 2.75) is 33.4 Å². The molecule has 0 radical (unpaired) electrons. The van der Waals surface area contributed by atoms with Crippen molar-refractivity contribution in [2.75, 3.05) is 0 Å². The lowest BCUT2D eigenvalue weighted by molar-refractivity contribution is 0.219. The normalized spacial score (nSPS) is 12.5. The lowest BCUT2D eigenvalue weighted by Crippen LogP contribution is -2.05. The van der Waals surface area contributed by atoms with E-state index in [-0.39, 0.29) is 0 Å². The van der Waals surface area contributed by atoms with Crippen molar-refractivity contribution in [2.24, 2.45) is 5.73 Å². The van der Waals surface area contributed by atoms with Gasteiger partial charge in [-0.25, -0.2) is 0 Å². The summed E-state index contributed by atoms with van der Waals surface area (Å²) in [4.78, 5) is 0. The SMILES string of the molecule is Cc1ccc(C(O)c2ccc(CN)cc2)c(C)c1C. The van der Waals surface area contributed by atoms with Gasteiger partial charge in [-0.3, -0.25) is 0 Å². The van der Waals surface area contributed by atoms with Crippen LogP contribution in [-0.2, 0) is 6.54 Å². The molecule has 2 heteroatoms. The summed E-state index contributed by atoms with van der Waals surface area (Å²) in [6.07, 6.45) is -0.578. The van der Waals surface area contributed by atoms with E-state index in [1.165, 1.54) is 11.1 Å². The van der Waals surface area contributed by atoms with Gasteiger partial charge >= 0.3 is 0 Å². The Morgan fingerprint density at radius 1 is 0.947 bits per heavy atom. The third-order valence-electron chi connectivity index (χ3n) is 3.93. The highest BCUT2D eigenvalue weighted by Crippen LogP contribution is 2.28. The van der Waals surface area contributed by atoms with E-state index in [4.69, 9.17) is 5.73 Å². The predicted octanol–water partition coefficient (Wildman–Crippen LogP) is 3.15. The number of aryl methyl sites for hydroxylation is 1. The summed E-state index contributed by atoms with van der Waals surface area (Å²) in [6.45, 7) is 6.78. The van der Waals surface area contributed by atoms with E-state index in [1.807, 2.05) is 30.3 Å². The molecule has 3 N–H and O–H groups in total. The molecule has 2 aromatic rings. The van der Waals surface area contributed by atoms with Crippen molar-refractivity contribution in [3.05, 3.63) is 69.8 Å². The van der Waals surface area contributed by atoms with Crippen molar-refractivity contribution in [3.8, 4) is 0 Å². The molecule has 0 saturated carbocycles. The molecule has 0 aliphatic carbocycles. The molecule has 0 spiro atoms. The van der Waals surface area contributed by atoms with Crippen LogP contribution >= 0.6 is 0 Å². The van der Waals surface area contributed by atoms with Crippen molar-refractivity contribution >= 4 is 0 Å². The topological polar surface area (TPSA) is 46.2 Å². The van der Waals surface area contributed by atoms with Gasteiger partial charge in [0.2, 0.25) is 0 Å². The summed E-state index contributed by atoms with van der Waals surface area (Å²) in [5.41, 5.74) is 12.2. The van der Waals surface area contributed by atoms with Crippen molar-refractivity contribution in [1.82, 2.24) is 0 Å². The first kappa shape index (κ1) is 13.8. The Balaban J connectivity index is 2.38. The molecule has 0 aliphatic heterocycles. The molecular formula is C17H21NO.